The van der Waals surface area contributed by atoms with E-state index in [2.05, 4.69) is 18.7 Å². The molecule has 9 heavy (non-hydrogen) atoms. The van der Waals surface area contributed by atoms with E-state index in [4.69, 9.17) is 5.11 Å². The van der Waals surface area contributed by atoms with E-state index in [1.807, 2.05) is 7.05 Å². The summed E-state index contributed by atoms with van der Waals surface area (Å²) in [6.45, 7) is 5.78. The maximum atomic E-state index is 8.85. The van der Waals surface area contributed by atoms with Crippen LogP contribution in [0.25, 0.3) is 0 Å². The molecule has 0 aliphatic carbocycles. The number of nitrogens with zero attached hydrogens (tertiary/aromatic N) is 1. The fourth-order valence-electron chi connectivity index (χ4n) is 1.73. The highest BCUT2D eigenvalue weighted by Gasteiger charge is 2.42. The SMILES string of the molecule is CN1CC(C)(C)C1CO. The molecule has 2 nitrogen and oxygen atoms in total. The van der Waals surface area contributed by atoms with Gasteiger partial charge in [-0.25, -0.2) is 0 Å². The summed E-state index contributed by atoms with van der Waals surface area (Å²) in [5.41, 5.74) is 0.337. The number of hydrogen-bond donors (Lipinski definition) is 1. The first-order valence-electron chi connectivity index (χ1n) is 3.39. The van der Waals surface area contributed by atoms with Crippen LogP contribution in [-0.2, 0) is 0 Å². The van der Waals surface area contributed by atoms with Crippen LogP contribution >= 0.6 is 0 Å². The molecule has 0 aromatic carbocycles. The summed E-state index contributed by atoms with van der Waals surface area (Å²) in [7, 11) is 2.05. The summed E-state index contributed by atoms with van der Waals surface area (Å²) in [5, 5.41) is 8.85. The van der Waals surface area contributed by atoms with Gasteiger partial charge in [0.15, 0.2) is 0 Å². The minimum absolute atomic E-state index is 0.295. The van der Waals surface area contributed by atoms with Gasteiger partial charge in [-0.3, -0.25) is 4.90 Å². The third-order valence-corrected chi connectivity index (χ3v) is 2.26. The van der Waals surface area contributed by atoms with Gasteiger partial charge in [0, 0.05) is 12.6 Å². The molecule has 1 fully saturated rings. The third-order valence-electron chi connectivity index (χ3n) is 2.26. The number of rotatable bonds is 1. The first-order valence-corrected chi connectivity index (χ1v) is 3.39. The lowest BCUT2D eigenvalue weighted by Crippen LogP contribution is -2.61. The van der Waals surface area contributed by atoms with E-state index >= 15 is 0 Å². The Bertz CT molecular complexity index is 111. The molecule has 0 bridgehead atoms. The van der Waals surface area contributed by atoms with Crippen LogP contribution in [0.2, 0.25) is 0 Å². The Morgan fingerprint density at radius 2 is 2.22 bits per heavy atom. The van der Waals surface area contributed by atoms with E-state index in [9.17, 15) is 0 Å². The largest absolute Gasteiger partial charge is 0.395 e. The Morgan fingerprint density at radius 1 is 1.67 bits per heavy atom. The first kappa shape index (κ1) is 7.03. The van der Waals surface area contributed by atoms with E-state index in [1.54, 1.807) is 0 Å². The van der Waals surface area contributed by atoms with Crippen molar-refractivity contribution in [2.45, 2.75) is 19.9 Å². The average Bonchev–Trinajstić information content (AvgIpc) is 1.63. The van der Waals surface area contributed by atoms with Gasteiger partial charge in [-0.1, -0.05) is 13.8 Å². The normalized spacial score (nSPS) is 34.0. The second kappa shape index (κ2) is 1.96. The summed E-state index contributed by atoms with van der Waals surface area (Å²) in [4.78, 5) is 2.18. The molecule has 1 aliphatic rings. The van der Waals surface area contributed by atoms with E-state index in [0.29, 0.717) is 18.1 Å². The van der Waals surface area contributed by atoms with E-state index in [1.165, 1.54) is 0 Å². The van der Waals surface area contributed by atoms with Gasteiger partial charge in [-0.2, -0.15) is 0 Å². The molecule has 1 aliphatic heterocycles. The van der Waals surface area contributed by atoms with Gasteiger partial charge in [0.25, 0.3) is 0 Å². The van der Waals surface area contributed by atoms with Crippen molar-refractivity contribution in [3.8, 4) is 0 Å². The summed E-state index contributed by atoms with van der Waals surface area (Å²) in [6, 6.07) is 0.387. The Labute approximate surface area is 56.5 Å². The molecule has 0 aromatic rings. The van der Waals surface area contributed by atoms with Gasteiger partial charge < -0.3 is 5.11 Å². The van der Waals surface area contributed by atoms with Crippen LogP contribution in [0, 0.1) is 5.41 Å². The van der Waals surface area contributed by atoms with Gasteiger partial charge in [0.1, 0.15) is 0 Å². The van der Waals surface area contributed by atoms with Crippen molar-refractivity contribution >= 4 is 0 Å². The van der Waals surface area contributed by atoms with Gasteiger partial charge in [-0.05, 0) is 12.5 Å². The Balaban J connectivity index is 2.48. The fraction of sp³-hybridized carbons (Fsp3) is 1.00. The van der Waals surface area contributed by atoms with Gasteiger partial charge in [0.05, 0.1) is 6.61 Å². The minimum Gasteiger partial charge on any atom is -0.395 e. The number of hydrogen-bond acceptors (Lipinski definition) is 2. The summed E-state index contributed by atoms with van der Waals surface area (Å²) >= 11 is 0. The first-order chi connectivity index (χ1) is 4.08. The Morgan fingerprint density at radius 3 is 2.33 bits per heavy atom. The van der Waals surface area contributed by atoms with E-state index in [-0.39, 0.29) is 0 Å². The van der Waals surface area contributed by atoms with Crippen molar-refractivity contribution < 1.29 is 5.11 Å². The highest BCUT2D eigenvalue weighted by Crippen LogP contribution is 2.34. The van der Waals surface area contributed by atoms with Gasteiger partial charge in [-0.15, -0.1) is 0 Å². The zero-order chi connectivity index (χ0) is 7.07. The molecule has 1 atom stereocenters. The van der Waals surface area contributed by atoms with Crippen molar-refractivity contribution in [3.63, 3.8) is 0 Å². The maximum absolute atomic E-state index is 8.85. The summed E-state index contributed by atoms with van der Waals surface area (Å²) in [6.07, 6.45) is 0. The zero-order valence-corrected chi connectivity index (χ0v) is 6.39. The van der Waals surface area contributed by atoms with Crippen molar-refractivity contribution in [2.24, 2.45) is 5.41 Å². The Kier molecular flexibility index (Phi) is 1.53. The van der Waals surface area contributed by atoms with Crippen LogP contribution < -0.4 is 0 Å². The molecule has 54 valence electrons. The quantitative estimate of drug-likeness (QED) is 0.551. The number of aliphatic hydroxyl groups excluding tert-OH is 1. The molecule has 0 radical (unpaired) electrons. The third kappa shape index (κ3) is 0.970. The van der Waals surface area contributed by atoms with Crippen LogP contribution in [0.15, 0.2) is 0 Å². The molecule has 1 N–H and O–H groups in total. The van der Waals surface area contributed by atoms with Crippen LogP contribution in [0.3, 0.4) is 0 Å². The minimum atomic E-state index is 0.295. The van der Waals surface area contributed by atoms with Crippen LogP contribution in [0.5, 0.6) is 0 Å². The fourth-order valence-corrected chi connectivity index (χ4v) is 1.73. The van der Waals surface area contributed by atoms with E-state index < -0.39 is 0 Å². The highest BCUT2D eigenvalue weighted by molar-refractivity contribution is 4.96. The lowest BCUT2D eigenvalue weighted by Gasteiger charge is -2.51. The second-order valence-corrected chi connectivity index (χ2v) is 3.60. The molecule has 1 unspecified atom stereocenters. The van der Waals surface area contributed by atoms with Gasteiger partial charge in [0.2, 0.25) is 0 Å². The predicted molar refractivity (Wildman–Crippen MR) is 37.3 cm³/mol. The number of likely N-dealkylation sites (N-methyl/N-ethyl adjacent to an activating group) is 1. The van der Waals surface area contributed by atoms with Gasteiger partial charge >= 0.3 is 0 Å². The monoisotopic (exact) mass is 129 g/mol. The van der Waals surface area contributed by atoms with Crippen molar-refractivity contribution in [1.82, 2.24) is 4.90 Å². The molecule has 2 heteroatoms. The van der Waals surface area contributed by atoms with Crippen LogP contribution in [-0.4, -0.2) is 36.2 Å². The molecule has 1 heterocycles. The number of aliphatic hydroxyl groups is 1. The molecule has 0 amide bonds. The number of likely N-dealkylation sites (tertiary alicyclic amines) is 1. The second-order valence-electron chi connectivity index (χ2n) is 3.60. The van der Waals surface area contributed by atoms with Crippen LogP contribution in [0.1, 0.15) is 13.8 Å². The van der Waals surface area contributed by atoms with Crippen molar-refractivity contribution in [1.29, 1.82) is 0 Å². The van der Waals surface area contributed by atoms with Crippen molar-refractivity contribution in [2.75, 3.05) is 20.2 Å². The molecule has 0 spiro atoms. The van der Waals surface area contributed by atoms with Crippen LogP contribution in [0.4, 0.5) is 0 Å². The topological polar surface area (TPSA) is 23.5 Å². The highest BCUT2D eigenvalue weighted by atomic mass is 16.3. The van der Waals surface area contributed by atoms with Crippen molar-refractivity contribution in [3.05, 3.63) is 0 Å². The summed E-state index contributed by atoms with van der Waals surface area (Å²) in [5.74, 6) is 0. The molecule has 0 saturated carbocycles. The maximum Gasteiger partial charge on any atom is 0.0592 e. The Hall–Kier alpha value is -0.0800. The molecular formula is C7H15NO. The molecular weight excluding hydrogens is 114 g/mol. The summed E-state index contributed by atoms with van der Waals surface area (Å²) < 4.78 is 0. The van der Waals surface area contributed by atoms with E-state index in [0.717, 1.165) is 6.54 Å². The smallest absolute Gasteiger partial charge is 0.0592 e. The lowest BCUT2D eigenvalue weighted by atomic mass is 9.76. The standard InChI is InChI=1S/C7H15NO/c1-7(2)5-8(3)6(7)4-9/h6,9H,4-5H2,1-3H3. The zero-order valence-electron chi connectivity index (χ0n) is 6.39. The molecule has 1 saturated heterocycles. The molecule has 0 aromatic heterocycles. The lowest BCUT2D eigenvalue weighted by molar-refractivity contribution is -0.0576. The molecule has 1 rings (SSSR count). The predicted octanol–water partition coefficient (Wildman–Crippen LogP) is 0.319. The average molecular weight is 129 g/mol.